The van der Waals surface area contributed by atoms with Crippen molar-refractivity contribution in [3.8, 4) is 0 Å². The molecule has 9 nitrogen and oxygen atoms in total. The van der Waals surface area contributed by atoms with Crippen molar-refractivity contribution < 1.29 is 22.8 Å². The smallest absolute Gasteiger partial charge is 0.264 e. The maximum atomic E-state index is 13.7. The molecule has 5 rings (SSSR count). The summed E-state index contributed by atoms with van der Waals surface area (Å²) in [5.41, 5.74) is 2.16. The van der Waals surface area contributed by atoms with Gasteiger partial charge in [-0.25, -0.2) is 13.1 Å². The van der Waals surface area contributed by atoms with E-state index in [9.17, 15) is 22.8 Å². The van der Waals surface area contributed by atoms with Crippen LogP contribution in [-0.2, 0) is 27.8 Å². The van der Waals surface area contributed by atoms with Crippen molar-refractivity contribution in [2.24, 2.45) is 0 Å². The molecule has 0 saturated carbocycles. The first kappa shape index (κ1) is 27.0. The van der Waals surface area contributed by atoms with Crippen molar-refractivity contribution in [3.05, 3.63) is 125 Å². The Hall–Kier alpha value is -4.54. The molecule has 2 N–H and O–H groups in total. The number of benzene rings is 3. The van der Waals surface area contributed by atoms with E-state index in [1.165, 1.54) is 35.2 Å². The Morgan fingerprint density at radius 2 is 1.70 bits per heavy atom. The first-order valence-corrected chi connectivity index (χ1v) is 14.1. The number of hydrogen-bond acceptors (Lipinski definition) is 6. The van der Waals surface area contributed by atoms with Gasteiger partial charge in [0.2, 0.25) is 5.91 Å². The lowest BCUT2D eigenvalue weighted by molar-refractivity contribution is -0.120. The third kappa shape index (κ3) is 5.88. The zero-order chi connectivity index (χ0) is 28.3. The van der Waals surface area contributed by atoms with Gasteiger partial charge in [-0.05, 0) is 59.7 Å². The predicted molar refractivity (Wildman–Crippen MR) is 149 cm³/mol. The molecule has 1 aliphatic rings. The van der Waals surface area contributed by atoms with E-state index in [1.807, 2.05) is 6.07 Å². The molecule has 0 fully saturated rings. The lowest BCUT2D eigenvalue weighted by Crippen LogP contribution is -2.46. The van der Waals surface area contributed by atoms with Gasteiger partial charge in [0.25, 0.3) is 21.8 Å². The summed E-state index contributed by atoms with van der Waals surface area (Å²) in [5.74, 6) is -1.53. The number of pyridine rings is 1. The number of sulfonamides is 1. The van der Waals surface area contributed by atoms with E-state index < -0.39 is 22.0 Å². The minimum atomic E-state index is -4.04. The van der Waals surface area contributed by atoms with Crippen LogP contribution in [0.5, 0.6) is 0 Å². The van der Waals surface area contributed by atoms with Crippen LogP contribution < -0.4 is 10.0 Å². The average Bonchev–Trinajstić information content (AvgIpc) is 3.04. The van der Waals surface area contributed by atoms with Crippen LogP contribution in [0.15, 0.2) is 102 Å². The van der Waals surface area contributed by atoms with Crippen molar-refractivity contribution in [1.29, 1.82) is 0 Å². The van der Waals surface area contributed by atoms with Crippen molar-refractivity contribution >= 4 is 45.0 Å². The van der Waals surface area contributed by atoms with E-state index in [0.717, 1.165) is 5.56 Å². The van der Waals surface area contributed by atoms with Gasteiger partial charge in [-0.15, -0.1) is 0 Å². The summed E-state index contributed by atoms with van der Waals surface area (Å²) < 4.78 is 27.1. The minimum Gasteiger partial charge on any atom is -0.323 e. The van der Waals surface area contributed by atoms with Gasteiger partial charge in [-0.3, -0.25) is 19.4 Å². The highest BCUT2D eigenvalue weighted by molar-refractivity contribution is 7.90. The molecule has 0 radical (unpaired) electrons. The van der Waals surface area contributed by atoms with E-state index >= 15 is 0 Å². The number of rotatable bonds is 7. The highest BCUT2D eigenvalue weighted by Gasteiger charge is 2.35. The van der Waals surface area contributed by atoms with E-state index in [-0.39, 0.29) is 35.2 Å². The standard InChI is InChI=1S/C29H23ClN4O5S/c30-22-12-13-24-25(16-22)32-28(36)26(15-20-5-4-14-31-17-20)34(29(24)37)18-19-8-10-21(11-9-19)27(35)33-40(38,39)23-6-2-1-3-7-23/h1-14,16-17,26H,15,18H2,(H,32,36)(H,33,35). The number of anilines is 1. The van der Waals surface area contributed by atoms with Crippen molar-refractivity contribution in [2.75, 3.05) is 5.32 Å². The Morgan fingerprint density at radius 3 is 2.40 bits per heavy atom. The highest BCUT2D eigenvalue weighted by atomic mass is 35.5. The molecule has 0 spiro atoms. The van der Waals surface area contributed by atoms with Crippen LogP contribution in [-0.4, -0.2) is 42.1 Å². The first-order chi connectivity index (χ1) is 19.2. The number of aromatic nitrogens is 1. The Bertz CT molecular complexity index is 1680. The molecule has 3 amide bonds. The molecule has 1 aliphatic heterocycles. The number of amides is 3. The average molecular weight is 575 g/mol. The second-order valence-electron chi connectivity index (χ2n) is 9.14. The van der Waals surface area contributed by atoms with E-state index in [1.54, 1.807) is 60.9 Å². The monoisotopic (exact) mass is 574 g/mol. The summed E-state index contributed by atoms with van der Waals surface area (Å²) in [5, 5.41) is 3.20. The Morgan fingerprint density at radius 1 is 0.950 bits per heavy atom. The molecule has 1 atom stereocenters. The summed E-state index contributed by atoms with van der Waals surface area (Å²) in [6, 6.07) is 21.2. The van der Waals surface area contributed by atoms with Gasteiger partial charge in [-0.2, -0.15) is 0 Å². The topological polar surface area (TPSA) is 126 Å². The maximum absolute atomic E-state index is 13.7. The summed E-state index contributed by atoms with van der Waals surface area (Å²) in [6.07, 6.45) is 3.49. The molecule has 2 heterocycles. The summed E-state index contributed by atoms with van der Waals surface area (Å²) in [7, 11) is -4.04. The number of carbonyl (C=O) groups is 3. The van der Waals surface area contributed by atoms with Crippen LogP contribution in [0.2, 0.25) is 5.02 Å². The van der Waals surface area contributed by atoms with E-state index in [2.05, 4.69) is 15.0 Å². The second kappa shape index (κ2) is 11.3. The summed E-state index contributed by atoms with van der Waals surface area (Å²) in [6.45, 7) is 0.0590. The molecule has 40 heavy (non-hydrogen) atoms. The van der Waals surface area contributed by atoms with E-state index in [4.69, 9.17) is 11.6 Å². The van der Waals surface area contributed by atoms with Crippen LogP contribution in [0.1, 0.15) is 31.8 Å². The molecule has 1 unspecified atom stereocenters. The molecular formula is C29H23ClN4O5S. The lowest BCUT2D eigenvalue weighted by atomic mass is 10.0. The molecular weight excluding hydrogens is 552 g/mol. The van der Waals surface area contributed by atoms with E-state index in [0.29, 0.717) is 21.8 Å². The largest absolute Gasteiger partial charge is 0.323 e. The molecule has 11 heteroatoms. The van der Waals surface area contributed by atoms with Crippen molar-refractivity contribution in [3.63, 3.8) is 0 Å². The lowest BCUT2D eigenvalue weighted by Gasteiger charge is -2.29. The zero-order valence-electron chi connectivity index (χ0n) is 21.0. The SMILES string of the molecule is O=C(NS(=O)(=O)c1ccccc1)c1ccc(CN2C(=O)c3ccc(Cl)cc3NC(=O)C2Cc2cccnc2)cc1. The van der Waals surface area contributed by atoms with Crippen LogP contribution in [0.3, 0.4) is 0 Å². The van der Waals surface area contributed by atoms with Gasteiger partial charge in [0.05, 0.1) is 16.1 Å². The van der Waals surface area contributed by atoms with Crippen LogP contribution in [0, 0.1) is 0 Å². The van der Waals surface area contributed by atoms with Gasteiger partial charge >= 0.3 is 0 Å². The molecule has 202 valence electrons. The van der Waals surface area contributed by atoms with Gasteiger partial charge in [0.15, 0.2) is 0 Å². The van der Waals surface area contributed by atoms with Crippen LogP contribution >= 0.6 is 11.6 Å². The minimum absolute atomic E-state index is 0.0286. The number of halogens is 1. The zero-order valence-corrected chi connectivity index (χ0v) is 22.5. The maximum Gasteiger partial charge on any atom is 0.264 e. The Balaban J connectivity index is 1.40. The first-order valence-electron chi connectivity index (χ1n) is 12.2. The Labute approximate surface area is 235 Å². The fourth-order valence-corrected chi connectivity index (χ4v) is 5.55. The molecule has 1 aromatic heterocycles. The fraction of sp³-hybridized carbons (Fsp3) is 0.103. The molecule has 4 aromatic rings. The van der Waals surface area contributed by atoms with Crippen LogP contribution in [0.4, 0.5) is 5.69 Å². The third-order valence-electron chi connectivity index (χ3n) is 6.41. The molecule has 0 saturated heterocycles. The number of carbonyl (C=O) groups excluding carboxylic acids is 3. The third-order valence-corrected chi connectivity index (χ3v) is 7.99. The molecule has 0 bridgehead atoms. The number of nitrogens with one attached hydrogen (secondary N) is 2. The van der Waals surface area contributed by atoms with Gasteiger partial charge in [0.1, 0.15) is 6.04 Å². The van der Waals surface area contributed by atoms with Crippen molar-refractivity contribution in [1.82, 2.24) is 14.6 Å². The van der Waals surface area contributed by atoms with Gasteiger partial charge < -0.3 is 10.2 Å². The summed E-state index contributed by atoms with van der Waals surface area (Å²) >= 11 is 6.12. The second-order valence-corrected chi connectivity index (χ2v) is 11.3. The van der Waals surface area contributed by atoms with Crippen molar-refractivity contribution in [2.45, 2.75) is 23.9 Å². The van der Waals surface area contributed by atoms with Crippen LogP contribution in [0.25, 0.3) is 0 Å². The number of nitrogens with zero attached hydrogens (tertiary/aromatic N) is 2. The number of hydrogen-bond donors (Lipinski definition) is 2. The Kier molecular flexibility index (Phi) is 7.63. The summed E-state index contributed by atoms with van der Waals surface area (Å²) in [4.78, 5) is 45.3. The highest BCUT2D eigenvalue weighted by Crippen LogP contribution is 2.29. The van der Waals surface area contributed by atoms with Gasteiger partial charge in [0, 0.05) is 35.9 Å². The quantitative estimate of drug-likeness (QED) is 0.343. The van der Waals surface area contributed by atoms with Gasteiger partial charge in [-0.1, -0.05) is 48.0 Å². The fourth-order valence-electron chi connectivity index (χ4n) is 4.38. The molecule has 0 aliphatic carbocycles. The molecule has 3 aromatic carbocycles. The number of fused-ring (bicyclic) bond motifs is 1. The predicted octanol–water partition coefficient (Wildman–Crippen LogP) is 4.06. The normalized spacial score (nSPS) is 15.1.